The van der Waals surface area contributed by atoms with Crippen molar-refractivity contribution in [3.05, 3.63) is 0 Å². The lowest BCUT2D eigenvalue weighted by Gasteiger charge is -2.38. The van der Waals surface area contributed by atoms with E-state index in [1.807, 2.05) is 13.8 Å². The molecule has 7 heteroatoms. The number of amides is 3. The van der Waals surface area contributed by atoms with E-state index in [-0.39, 0.29) is 18.5 Å². The van der Waals surface area contributed by atoms with Crippen molar-refractivity contribution in [3.8, 4) is 0 Å². The summed E-state index contributed by atoms with van der Waals surface area (Å²) >= 11 is 0. The fourth-order valence-corrected chi connectivity index (χ4v) is 2.51. The number of carboxylic acid groups (broad SMARTS) is 1. The molecule has 1 atom stereocenters. The molecule has 1 saturated heterocycles. The molecule has 1 aliphatic rings. The van der Waals surface area contributed by atoms with E-state index in [4.69, 9.17) is 5.11 Å². The highest BCUT2D eigenvalue weighted by Crippen LogP contribution is 2.15. The Balaban J connectivity index is 2.86. The minimum absolute atomic E-state index is 0.0953. The number of nitrogens with zero attached hydrogens (tertiary/aromatic N) is 2. The van der Waals surface area contributed by atoms with E-state index in [9.17, 15) is 14.4 Å². The van der Waals surface area contributed by atoms with E-state index in [2.05, 4.69) is 5.32 Å². The van der Waals surface area contributed by atoms with Crippen molar-refractivity contribution in [2.75, 3.05) is 20.1 Å². The van der Waals surface area contributed by atoms with Gasteiger partial charge in [-0.3, -0.25) is 9.59 Å². The van der Waals surface area contributed by atoms with E-state index in [1.165, 1.54) is 4.90 Å². The first-order valence-electron chi connectivity index (χ1n) is 6.95. The third-order valence-electron chi connectivity index (χ3n) is 3.74. The molecule has 1 fully saturated rings. The summed E-state index contributed by atoms with van der Waals surface area (Å²) in [5.74, 6) is -1.49. The Kier molecular flexibility index (Phi) is 5.79. The second-order valence-electron chi connectivity index (χ2n) is 4.96. The standard InChI is InChI=1S/C13H23N3O4/c1-4-9(5-2)15(3)13(20)16-7-6-14-12(19)10(16)8-11(17)18/h9-10H,4-8H2,1-3H3,(H,14,19)(H,17,18). The van der Waals surface area contributed by atoms with Gasteiger partial charge < -0.3 is 20.2 Å². The van der Waals surface area contributed by atoms with Crippen LogP contribution in [0.5, 0.6) is 0 Å². The van der Waals surface area contributed by atoms with Crippen molar-refractivity contribution in [2.24, 2.45) is 0 Å². The number of piperazine rings is 1. The molecule has 0 aromatic heterocycles. The third kappa shape index (κ3) is 3.61. The lowest BCUT2D eigenvalue weighted by molar-refractivity contribution is -0.142. The summed E-state index contributed by atoms with van der Waals surface area (Å²) in [5, 5.41) is 11.5. The Hall–Kier alpha value is -1.79. The van der Waals surface area contributed by atoms with Crippen LogP contribution in [-0.2, 0) is 9.59 Å². The molecule has 1 aliphatic heterocycles. The number of hydrogen-bond acceptors (Lipinski definition) is 3. The highest BCUT2D eigenvalue weighted by atomic mass is 16.4. The van der Waals surface area contributed by atoms with Gasteiger partial charge in [-0.05, 0) is 12.8 Å². The largest absolute Gasteiger partial charge is 0.481 e. The lowest BCUT2D eigenvalue weighted by Crippen LogP contribution is -2.60. The quantitative estimate of drug-likeness (QED) is 0.769. The maximum absolute atomic E-state index is 12.5. The second-order valence-corrected chi connectivity index (χ2v) is 4.96. The molecule has 0 aromatic rings. The van der Waals surface area contributed by atoms with Gasteiger partial charge in [-0.15, -0.1) is 0 Å². The van der Waals surface area contributed by atoms with Crippen molar-refractivity contribution in [1.82, 2.24) is 15.1 Å². The van der Waals surface area contributed by atoms with Crippen molar-refractivity contribution in [2.45, 2.75) is 45.2 Å². The number of carbonyl (C=O) groups is 3. The normalized spacial score (nSPS) is 18.9. The molecule has 0 radical (unpaired) electrons. The minimum atomic E-state index is -1.09. The van der Waals surface area contributed by atoms with Gasteiger partial charge in [0.2, 0.25) is 5.91 Å². The molecule has 1 heterocycles. The van der Waals surface area contributed by atoms with Gasteiger partial charge in [0.15, 0.2) is 0 Å². The van der Waals surface area contributed by atoms with Gasteiger partial charge in [0.1, 0.15) is 6.04 Å². The van der Waals surface area contributed by atoms with Crippen molar-refractivity contribution in [1.29, 1.82) is 0 Å². The lowest BCUT2D eigenvalue weighted by atomic mass is 10.1. The molecule has 2 N–H and O–H groups in total. The zero-order valence-electron chi connectivity index (χ0n) is 12.3. The summed E-state index contributed by atoms with van der Waals surface area (Å²) in [7, 11) is 1.70. The summed E-state index contributed by atoms with van der Waals surface area (Å²) in [6, 6.07) is -1.11. The molecule has 114 valence electrons. The minimum Gasteiger partial charge on any atom is -0.481 e. The summed E-state index contributed by atoms with van der Waals surface area (Å²) < 4.78 is 0. The molecule has 0 bridgehead atoms. The van der Waals surface area contributed by atoms with Gasteiger partial charge in [0.25, 0.3) is 0 Å². The maximum atomic E-state index is 12.5. The van der Waals surface area contributed by atoms with Crippen molar-refractivity contribution in [3.63, 3.8) is 0 Å². The first kappa shape index (κ1) is 16.3. The fraction of sp³-hybridized carbons (Fsp3) is 0.769. The predicted molar refractivity (Wildman–Crippen MR) is 73.3 cm³/mol. The van der Waals surface area contributed by atoms with Gasteiger partial charge in [0, 0.05) is 26.2 Å². The van der Waals surface area contributed by atoms with Gasteiger partial charge in [-0.25, -0.2) is 4.79 Å². The van der Waals surface area contributed by atoms with E-state index in [0.29, 0.717) is 13.1 Å². The Bertz CT molecular complexity index is 382. The number of rotatable bonds is 5. The number of hydrogen-bond donors (Lipinski definition) is 2. The van der Waals surface area contributed by atoms with Crippen molar-refractivity contribution < 1.29 is 19.5 Å². The van der Waals surface area contributed by atoms with E-state index in [0.717, 1.165) is 12.8 Å². The number of carboxylic acids is 1. The summed E-state index contributed by atoms with van der Waals surface area (Å²) in [5.41, 5.74) is 0. The fourth-order valence-electron chi connectivity index (χ4n) is 2.51. The summed E-state index contributed by atoms with van der Waals surface area (Å²) in [6.07, 6.45) is 1.28. The van der Waals surface area contributed by atoms with Gasteiger partial charge in [-0.1, -0.05) is 13.8 Å². The van der Waals surface area contributed by atoms with Crippen LogP contribution in [0.1, 0.15) is 33.1 Å². The molecule has 0 aromatic carbocycles. The Morgan fingerprint density at radius 3 is 2.55 bits per heavy atom. The van der Waals surface area contributed by atoms with Crippen molar-refractivity contribution >= 4 is 17.9 Å². The Labute approximate surface area is 118 Å². The van der Waals surface area contributed by atoms with Gasteiger partial charge >= 0.3 is 12.0 Å². The van der Waals surface area contributed by atoms with Crippen LogP contribution in [0.3, 0.4) is 0 Å². The van der Waals surface area contributed by atoms with Crippen LogP contribution < -0.4 is 5.32 Å². The van der Waals surface area contributed by atoms with E-state index >= 15 is 0 Å². The molecule has 0 spiro atoms. The Morgan fingerprint density at radius 2 is 2.05 bits per heavy atom. The summed E-state index contributed by atoms with van der Waals surface area (Å²) in [4.78, 5) is 38.1. The highest BCUT2D eigenvalue weighted by molar-refractivity contribution is 5.91. The molecule has 0 saturated carbocycles. The molecule has 1 unspecified atom stereocenters. The zero-order valence-corrected chi connectivity index (χ0v) is 12.3. The number of nitrogens with one attached hydrogen (secondary N) is 1. The molecule has 20 heavy (non-hydrogen) atoms. The van der Waals surface area contributed by atoms with Crippen LogP contribution >= 0.6 is 0 Å². The average molecular weight is 285 g/mol. The average Bonchev–Trinajstić information content (AvgIpc) is 2.41. The predicted octanol–water partition coefficient (Wildman–Crippen LogP) is 0.502. The number of aliphatic carboxylic acids is 1. The van der Waals surface area contributed by atoms with Crippen LogP contribution in [0.4, 0.5) is 4.79 Å². The van der Waals surface area contributed by atoms with E-state index < -0.39 is 17.9 Å². The van der Waals surface area contributed by atoms with Crippen LogP contribution in [0.25, 0.3) is 0 Å². The zero-order chi connectivity index (χ0) is 15.3. The summed E-state index contributed by atoms with van der Waals surface area (Å²) in [6.45, 7) is 4.69. The number of urea groups is 1. The van der Waals surface area contributed by atoms with Crippen LogP contribution in [0, 0.1) is 0 Å². The third-order valence-corrected chi connectivity index (χ3v) is 3.74. The van der Waals surface area contributed by atoms with Gasteiger partial charge in [0.05, 0.1) is 6.42 Å². The second kappa shape index (κ2) is 7.12. The SMILES string of the molecule is CCC(CC)N(C)C(=O)N1CCNC(=O)C1CC(=O)O. The maximum Gasteiger partial charge on any atom is 0.320 e. The smallest absolute Gasteiger partial charge is 0.320 e. The highest BCUT2D eigenvalue weighted by Gasteiger charge is 2.36. The monoisotopic (exact) mass is 285 g/mol. The molecule has 3 amide bonds. The molecule has 0 aliphatic carbocycles. The van der Waals surface area contributed by atoms with Crippen LogP contribution in [0.15, 0.2) is 0 Å². The van der Waals surface area contributed by atoms with E-state index in [1.54, 1.807) is 11.9 Å². The van der Waals surface area contributed by atoms with Crippen LogP contribution in [0.2, 0.25) is 0 Å². The Morgan fingerprint density at radius 1 is 1.45 bits per heavy atom. The molecular weight excluding hydrogens is 262 g/mol. The van der Waals surface area contributed by atoms with Crippen LogP contribution in [-0.4, -0.2) is 65.0 Å². The first-order valence-corrected chi connectivity index (χ1v) is 6.95. The topological polar surface area (TPSA) is 90.0 Å². The molecule has 1 rings (SSSR count). The van der Waals surface area contributed by atoms with Gasteiger partial charge in [-0.2, -0.15) is 0 Å². The number of carbonyl (C=O) groups excluding carboxylic acids is 2. The molecule has 7 nitrogen and oxygen atoms in total. The first-order chi connectivity index (χ1) is 9.42. The molecular formula is C13H23N3O4.